The summed E-state index contributed by atoms with van der Waals surface area (Å²) in [6.45, 7) is 3.61. The fraction of sp³-hybridized carbons (Fsp3) is 0.429. The summed E-state index contributed by atoms with van der Waals surface area (Å²) in [7, 11) is -3.57. The number of likely N-dealkylation sites (tertiary alicyclic amines) is 1. The third-order valence-corrected chi connectivity index (χ3v) is 9.58. The summed E-state index contributed by atoms with van der Waals surface area (Å²) < 4.78 is 27.5. The van der Waals surface area contributed by atoms with E-state index in [2.05, 4.69) is 16.4 Å². The fourth-order valence-electron chi connectivity index (χ4n) is 5.52. The molecule has 9 heteroatoms. The van der Waals surface area contributed by atoms with E-state index in [-0.39, 0.29) is 22.6 Å². The molecule has 196 valence electrons. The van der Waals surface area contributed by atoms with E-state index >= 15 is 0 Å². The van der Waals surface area contributed by atoms with Gasteiger partial charge in [-0.25, -0.2) is 8.42 Å². The molecule has 1 atom stereocenters. The number of H-pyrrole nitrogens is 1. The molecule has 2 aromatic carbocycles. The van der Waals surface area contributed by atoms with Crippen LogP contribution in [0.3, 0.4) is 0 Å². The molecule has 0 aliphatic carbocycles. The minimum absolute atomic E-state index is 0.0262. The standard InChI is InChI=1S/C28H34N4O4S/c1-20-8-10-23(11-9-20)37(35,36)31-17-13-21(14-18-31)28(34)32-16-4-7-26(32)27(33)29-15-12-22-19-30-25-6-3-2-5-24(22)25/h2-3,5-6,8-11,19,21,26,30H,4,7,12-18H2,1H3,(H,29,33)/t26-/m0/s1. The van der Waals surface area contributed by atoms with Crippen molar-refractivity contribution < 1.29 is 18.0 Å². The SMILES string of the molecule is Cc1ccc(S(=O)(=O)N2CCC(C(=O)N3CCC[C@H]3C(=O)NCCc3c[nH]c4ccccc34)CC2)cc1. The van der Waals surface area contributed by atoms with Gasteiger partial charge >= 0.3 is 0 Å². The van der Waals surface area contributed by atoms with Crippen molar-refractivity contribution in [2.45, 2.75) is 50.0 Å². The third kappa shape index (κ3) is 5.29. The van der Waals surface area contributed by atoms with Gasteiger partial charge in [-0.3, -0.25) is 9.59 Å². The Labute approximate surface area is 218 Å². The predicted octanol–water partition coefficient (Wildman–Crippen LogP) is 3.23. The molecule has 2 saturated heterocycles. The first-order valence-corrected chi connectivity index (χ1v) is 14.5. The van der Waals surface area contributed by atoms with Gasteiger partial charge in [0, 0.05) is 49.2 Å². The fourth-order valence-corrected chi connectivity index (χ4v) is 6.99. The number of para-hydroxylation sites is 1. The number of hydrogen-bond donors (Lipinski definition) is 2. The Morgan fingerprint density at radius 2 is 1.73 bits per heavy atom. The highest BCUT2D eigenvalue weighted by Gasteiger charge is 2.39. The van der Waals surface area contributed by atoms with Crippen LogP contribution >= 0.6 is 0 Å². The molecule has 2 fully saturated rings. The van der Waals surface area contributed by atoms with E-state index in [4.69, 9.17) is 0 Å². The first-order valence-electron chi connectivity index (χ1n) is 13.0. The van der Waals surface area contributed by atoms with Crippen molar-refractivity contribution in [1.29, 1.82) is 0 Å². The first-order chi connectivity index (χ1) is 17.8. The van der Waals surface area contributed by atoms with Gasteiger partial charge in [-0.15, -0.1) is 0 Å². The Bertz CT molecular complexity index is 1370. The number of aromatic nitrogens is 1. The lowest BCUT2D eigenvalue weighted by Crippen LogP contribution is -2.50. The number of nitrogens with zero attached hydrogens (tertiary/aromatic N) is 2. The normalized spacial score (nSPS) is 19.4. The molecular weight excluding hydrogens is 488 g/mol. The minimum Gasteiger partial charge on any atom is -0.361 e. The second-order valence-corrected chi connectivity index (χ2v) is 12.0. The van der Waals surface area contributed by atoms with Gasteiger partial charge in [0.25, 0.3) is 0 Å². The molecule has 1 aromatic heterocycles. The van der Waals surface area contributed by atoms with Crippen LogP contribution in [-0.4, -0.2) is 66.6 Å². The van der Waals surface area contributed by atoms with Crippen LogP contribution in [0.5, 0.6) is 0 Å². The van der Waals surface area contributed by atoms with Gasteiger partial charge in [0.2, 0.25) is 21.8 Å². The Morgan fingerprint density at radius 1 is 1.00 bits per heavy atom. The van der Waals surface area contributed by atoms with Crippen LogP contribution in [0.25, 0.3) is 10.9 Å². The van der Waals surface area contributed by atoms with Gasteiger partial charge in [-0.05, 0) is 62.8 Å². The number of carbonyl (C=O) groups excluding carboxylic acids is 2. The second kappa shape index (κ2) is 10.7. The lowest BCUT2D eigenvalue weighted by atomic mass is 9.96. The van der Waals surface area contributed by atoms with Crippen molar-refractivity contribution in [2.75, 3.05) is 26.2 Å². The van der Waals surface area contributed by atoms with Crippen molar-refractivity contribution in [3.63, 3.8) is 0 Å². The Kier molecular flexibility index (Phi) is 7.35. The van der Waals surface area contributed by atoms with Crippen molar-refractivity contribution in [3.05, 3.63) is 65.9 Å². The molecule has 3 heterocycles. The van der Waals surface area contributed by atoms with Crippen LogP contribution in [0, 0.1) is 12.8 Å². The molecule has 0 bridgehead atoms. The maximum Gasteiger partial charge on any atom is 0.243 e. The smallest absolute Gasteiger partial charge is 0.243 e. The lowest BCUT2D eigenvalue weighted by Gasteiger charge is -2.34. The first kappa shape index (κ1) is 25.5. The highest BCUT2D eigenvalue weighted by Crippen LogP contribution is 2.28. The maximum atomic E-state index is 13.4. The van der Waals surface area contributed by atoms with Crippen molar-refractivity contribution in [1.82, 2.24) is 19.5 Å². The largest absolute Gasteiger partial charge is 0.361 e. The Morgan fingerprint density at radius 3 is 2.49 bits per heavy atom. The number of amides is 2. The van der Waals surface area contributed by atoms with E-state index < -0.39 is 16.1 Å². The number of nitrogens with one attached hydrogen (secondary N) is 2. The molecule has 2 amide bonds. The van der Waals surface area contributed by atoms with E-state index in [0.29, 0.717) is 51.9 Å². The number of carbonyl (C=O) groups is 2. The summed E-state index contributed by atoms with van der Waals surface area (Å²) >= 11 is 0. The Balaban J connectivity index is 1.14. The topological polar surface area (TPSA) is 103 Å². The van der Waals surface area contributed by atoms with E-state index in [9.17, 15) is 18.0 Å². The molecule has 0 radical (unpaired) electrons. The number of benzene rings is 2. The van der Waals surface area contributed by atoms with Crippen molar-refractivity contribution in [3.8, 4) is 0 Å². The molecule has 2 aliphatic heterocycles. The zero-order valence-electron chi connectivity index (χ0n) is 21.2. The average Bonchev–Trinajstić information content (AvgIpc) is 3.56. The molecule has 0 unspecified atom stereocenters. The van der Waals surface area contributed by atoms with E-state index in [1.807, 2.05) is 31.3 Å². The summed E-state index contributed by atoms with van der Waals surface area (Å²) in [6, 6.07) is 14.5. The van der Waals surface area contributed by atoms with Gasteiger partial charge in [-0.2, -0.15) is 4.31 Å². The average molecular weight is 523 g/mol. The molecule has 2 N–H and O–H groups in total. The van der Waals surface area contributed by atoms with Crippen LogP contribution in [0.15, 0.2) is 59.6 Å². The molecule has 0 saturated carbocycles. The van der Waals surface area contributed by atoms with E-state index in [0.717, 1.165) is 28.5 Å². The highest BCUT2D eigenvalue weighted by atomic mass is 32.2. The van der Waals surface area contributed by atoms with Gasteiger partial charge < -0.3 is 15.2 Å². The molecule has 37 heavy (non-hydrogen) atoms. The van der Waals surface area contributed by atoms with Crippen molar-refractivity contribution >= 4 is 32.7 Å². The van der Waals surface area contributed by atoms with Crippen LogP contribution < -0.4 is 5.32 Å². The zero-order valence-corrected chi connectivity index (χ0v) is 22.0. The highest BCUT2D eigenvalue weighted by molar-refractivity contribution is 7.89. The predicted molar refractivity (Wildman–Crippen MR) is 142 cm³/mol. The number of rotatable bonds is 7. The van der Waals surface area contributed by atoms with Crippen LogP contribution in [0.2, 0.25) is 0 Å². The number of piperidine rings is 1. The maximum absolute atomic E-state index is 13.4. The number of fused-ring (bicyclic) bond motifs is 1. The quantitative estimate of drug-likeness (QED) is 0.497. The lowest BCUT2D eigenvalue weighted by molar-refractivity contribution is -0.142. The Hall–Kier alpha value is -3.17. The number of sulfonamides is 1. The molecule has 8 nitrogen and oxygen atoms in total. The van der Waals surface area contributed by atoms with Gasteiger partial charge in [0.05, 0.1) is 4.90 Å². The summed E-state index contributed by atoms with van der Waals surface area (Å²) in [5.74, 6) is -0.393. The third-order valence-electron chi connectivity index (χ3n) is 7.67. The number of aromatic amines is 1. The second-order valence-electron chi connectivity index (χ2n) is 10.1. The van der Waals surface area contributed by atoms with Gasteiger partial charge in [0.1, 0.15) is 6.04 Å². The molecule has 5 rings (SSSR count). The zero-order chi connectivity index (χ0) is 26.0. The summed E-state index contributed by atoms with van der Waals surface area (Å²) in [4.78, 5) is 31.6. The monoisotopic (exact) mass is 522 g/mol. The minimum atomic E-state index is -3.57. The number of hydrogen-bond acceptors (Lipinski definition) is 4. The van der Waals surface area contributed by atoms with Crippen LogP contribution in [-0.2, 0) is 26.0 Å². The molecule has 2 aliphatic rings. The summed E-state index contributed by atoms with van der Waals surface area (Å²) in [5.41, 5.74) is 3.24. The van der Waals surface area contributed by atoms with Crippen LogP contribution in [0.4, 0.5) is 0 Å². The number of aryl methyl sites for hydroxylation is 1. The van der Waals surface area contributed by atoms with Gasteiger partial charge in [-0.1, -0.05) is 35.9 Å². The molecule has 0 spiro atoms. The summed E-state index contributed by atoms with van der Waals surface area (Å²) in [5, 5.41) is 4.19. The van der Waals surface area contributed by atoms with E-state index in [1.54, 1.807) is 29.2 Å². The van der Waals surface area contributed by atoms with Gasteiger partial charge in [0.15, 0.2) is 0 Å². The molecular formula is C28H34N4O4S. The summed E-state index contributed by atoms with van der Waals surface area (Å²) in [6.07, 6.45) is 5.08. The molecule has 3 aromatic rings. The van der Waals surface area contributed by atoms with E-state index in [1.165, 1.54) is 4.31 Å². The van der Waals surface area contributed by atoms with Crippen LogP contribution in [0.1, 0.15) is 36.8 Å². The van der Waals surface area contributed by atoms with Crippen molar-refractivity contribution in [2.24, 2.45) is 5.92 Å².